The van der Waals surface area contributed by atoms with E-state index in [1.807, 2.05) is 20.8 Å². The van der Waals surface area contributed by atoms with Crippen LogP contribution < -0.4 is 0 Å². The van der Waals surface area contributed by atoms with Crippen LogP contribution in [-0.2, 0) is 19.0 Å². The number of ether oxygens (including phenoxy) is 3. The Kier molecular flexibility index (Phi) is 5.48. The van der Waals surface area contributed by atoms with Crippen LogP contribution in [0.1, 0.15) is 41.9 Å². The molecule has 4 nitrogen and oxygen atoms in total. The summed E-state index contributed by atoms with van der Waals surface area (Å²) in [6.45, 7) is 7.98. The molecule has 0 N–H and O–H groups in total. The lowest BCUT2D eigenvalue weighted by Crippen LogP contribution is -2.41. The predicted octanol–water partition coefficient (Wildman–Crippen LogP) is 3.54. The Morgan fingerprint density at radius 1 is 1.38 bits per heavy atom. The van der Waals surface area contributed by atoms with Crippen LogP contribution in [0.4, 0.5) is 0 Å². The van der Waals surface area contributed by atoms with Gasteiger partial charge >= 0.3 is 5.97 Å². The van der Waals surface area contributed by atoms with Gasteiger partial charge < -0.3 is 14.2 Å². The van der Waals surface area contributed by atoms with Crippen molar-refractivity contribution in [2.75, 3.05) is 7.11 Å². The van der Waals surface area contributed by atoms with Gasteiger partial charge in [0.2, 0.25) is 0 Å². The summed E-state index contributed by atoms with van der Waals surface area (Å²) in [6, 6.07) is 4.19. The van der Waals surface area contributed by atoms with Crippen molar-refractivity contribution >= 4 is 5.97 Å². The van der Waals surface area contributed by atoms with E-state index < -0.39 is 17.9 Å². The lowest BCUT2D eigenvalue weighted by molar-refractivity contribution is -0.255. The summed E-state index contributed by atoms with van der Waals surface area (Å²) in [5.41, 5.74) is 3.59. The van der Waals surface area contributed by atoms with Gasteiger partial charge in [-0.3, -0.25) is 0 Å². The van der Waals surface area contributed by atoms with E-state index in [4.69, 9.17) is 15.9 Å². The van der Waals surface area contributed by atoms with Crippen molar-refractivity contribution in [2.45, 2.75) is 52.1 Å². The molecule has 0 radical (unpaired) electrons. The summed E-state index contributed by atoms with van der Waals surface area (Å²) in [6.07, 6.45) is 8.28. The third-order valence-electron chi connectivity index (χ3n) is 4.18. The molecule has 0 saturated carbocycles. The van der Waals surface area contributed by atoms with Gasteiger partial charge in [0, 0.05) is 18.1 Å². The third kappa shape index (κ3) is 4.05. The average molecular weight is 328 g/mol. The molecule has 0 spiro atoms. The van der Waals surface area contributed by atoms with Gasteiger partial charge in [0.15, 0.2) is 6.29 Å². The number of terminal acetylenes is 1. The van der Waals surface area contributed by atoms with E-state index in [2.05, 4.69) is 29.7 Å². The molecule has 1 aromatic carbocycles. The topological polar surface area (TPSA) is 44.8 Å². The fourth-order valence-corrected chi connectivity index (χ4v) is 3.05. The van der Waals surface area contributed by atoms with E-state index in [9.17, 15) is 4.79 Å². The fraction of sp³-hybridized carbons (Fsp3) is 0.450. The Bertz CT molecular complexity index is 675. The summed E-state index contributed by atoms with van der Waals surface area (Å²) in [4.78, 5) is 11.3. The largest absolute Gasteiger partial charge is 0.466 e. The molecule has 1 fully saturated rings. The van der Waals surface area contributed by atoms with Crippen molar-refractivity contribution < 1.29 is 19.0 Å². The number of carbonyl (C=O) groups is 1. The minimum Gasteiger partial charge on any atom is -0.466 e. The van der Waals surface area contributed by atoms with Gasteiger partial charge in [-0.15, -0.1) is 6.42 Å². The van der Waals surface area contributed by atoms with E-state index in [-0.39, 0.29) is 6.10 Å². The van der Waals surface area contributed by atoms with Gasteiger partial charge in [-0.05, 0) is 44.9 Å². The molecule has 2 rings (SSSR count). The first-order valence-electron chi connectivity index (χ1n) is 7.93. The molecule has 24 heavy (non-hydrogen) atoms. The first-order valence-corrected chi connectivity index (χ1v) is 7.93. The zero-order chi connectivity index (χ0) is 17.9. The zero-order valence-corrected chi connectivity index (χ0v) is 14.9. The maximum absolute atomic E-state index is 11.3. The first kappa shape index (κ1) is 18.3. The molecule has 128 valence electrons. The fourth-order valence-electron chi connectivity index (χ4n) is 3.05. The second kappa shape index (κ2) is 7.21. The number of esters is 1. The van der Waals surface area contributed by atoms with E-state index >= 15 is 0 Å². The highest BCUT2D eigenvalue weighted by molar-refractivity contribution is 5.81. The zero-order valence-electron chi connectivity index (χ0n) is 14.9. The highest BCUT2D eigenvalue weighted by Gasteiger charge is 2.38. The molecule has 0 unspecified atom stereocenters. The molecule has 1 saturated heterocycles. The van der Waals surface area contributed by atoms with E-state index in [0.717, 1.165) is 16.7 Å². The number of rotatable bonds is 3. The standard InChI is InChI=1S/C20H24O4/c1-7-20(5)12-16(8-9-17(21)22-6)23-19(24-20)18-14(3)10-13(2)11-15(18)4/h1,8-11,16,19H,12H2,2-6H3/b9-8-/t16-,19-,20-/m1/s1. The smallest absolute Gasteiger partial charge is 0.330 e. The number of methoxy groups -OCH3 is 1. The Balaban J connectivity index is 2.35. The van der Waals surface area contributed by atoms with Crippen molar-refractivity contribution in [3.63, 3.8) is 0 Å². The van der Waals surface area contributed by atoms with Crippen molar-refractivity contribution in [1.29, 1.82) is 0 Å². The van der Waals surface area contributed by atoms with E-state index in [1.165, 1.54) is 18.7 Å². The van der Waals surface area contributed by atoms with Crippen molar-refractivity contribution in [1.82, 2.24) is 0 Å². The third-order valence-corrected chi connectivity index (χ3v) is 4.18. The Hall–Kier alpha value is -2.09. The number of carbonyl (C=O) groups excluding carboxylic acids is 1. The van der Waals surface area contributed by atoms with Crippen LogP contribution in [0.25, 0.3) is 0 Å². The molecule has 3 atom stereocenters. The van der Waals surface area contributed by atoms with Crippen LogP contribution in [-0.4, -0.2) is 24.8 Å². The number of aryl methyl sites for hydroxylation is 3. The van der Waals surface area contributed by atoms with Crippen molar-refractivity contribution in [3.05, 3.63) is 46.5 Å². The summed E-state index contributed by atoms with van der Waals surface area (Å²) < 4.78 is 16.7. The van der Waals surface area contributed by atoms with Gasteiger partial charge in [0.05, 0.1) is 13.2 Å². The second-order valence-electron chi connectivity index (χ2n) is 6.40. The van der Waals surface area contributed by atoms with E-state index in [0.29, 0.717) is 6.42 Å². The lowest BCUT2D eigenvalue weighted by Gasteiger charge is -2.40. The SMILES string of the molecule is C#C[C@]1(C)C[C@@H](/C=C\C(=O)OC)O[C@@H](c2c(C)cc(C)cc2C)O1. The minimum atomic E-state index is -0.766. The van der Waals surface area contributed by atoms with Crippen LogP contribution in [0.2, 0.25) is 0 Å². The Morgan fingerprint density at radius 3 is 2.54 bits per heavy atom. The number of benzene rings is 1. The van der Waals surface area contributed by atoms with Crippen LogP contribution in [0.5, 0.6) is 0 Å². The van der Waals surface area contributed by atoms with Crippen LogP contribution in [0.3, 0.4) is 0 Å². The maximum Gasteiger partial charge on any atom is 0.330 e. The highest BCUT2D eigenvalue weighted by Crippen LogP contribution is 2.38. The van der Waals surface area contributed by atoms with E-state index in [1.54, 1.807) is 6.08 Å². The molecule has 1 aromatic rings. The van der Waals surface area contributed by atoms with Gasteiger partial charge in [0.1, 0.15) is 5.60 Å². The second-order valence-corrected chi connectivity index (χ2v) is 6.40. The van der Waals surface area contributed by atoms with Crippen LogP contribution >= 0.6 is 0 Å². The highest BCUT2D eigenvalue weighted by atomic mass is 16.7. The van der Waals surface area contributed by atoms with Crippen molar-refractivity contribution in [2.24, 2.45) is 0 Å². The summed E-state index contributed by atoms with van der Waals surface area (Å²) >= 11 is 0. The molecule has 1 heterocycles. The molecular weight excluding hydrogens is 304 g/mol. The summed E-state index contributed by atoms with van der Waals surface area (Å²) in [7, 11) is 1.34. The lowest BCUT2D eigenvalue weighted by atomic mass is 9.94. The average Bonchev–Trinajstić information content (AvgIpc) is 2.51. The molecule has 0 bridgehead atoms. The Labute approximate surface area is 143 Å². The summed E-state index contributed by atoms with van der Waals surface area (Å²) in [5.74, 6) is 2.29. The van der Waals surface area contributed by atoms with Crippen molar-refractivity contribution in [3.8, 4) is 12.3 Å². The monoisotopic (exact) mass is 328 g/mol. The first-order chi connectivity index (χ1) is 11.3. The van der Waals surface area contributed by atoms with Gasteiger partial charge in [-0.2, -0.15) is 0 Å². The molecule has 0 amide bonds. The maximum atomic E-state index is 11.3. The number of hydrogen-bond acceptors (Lipinski definition) is 4. The molecule has 4 heteroatoms. The van der Waals surface area contributed by atoms with Crippen LogP contribution in [0, 0.1) is 33.1 Å². The van der Waals surface area contributed by atoms with Gasteiger partial charge in [0.25, 0.3) is 0 Å². The Morgan fingerprint density at radius 2 is 2.00 bits per heavy atom. The normalized spacial score (nSPS) is 27.0. The number of hydrogen-bond donors (Lipinski definition) is 0. The van der Waals surface area contributed by atoms with Gasteiger partial charge in [-0.25, -0.2) is 4.79 Å². The molecule has 1 aliphatic heterocycles. The quantitative estimate of drug-likeness (QED) is 0.484. The van der Waals surface area contributed by atoms with Crippen LogP contribution in [0.15, 0.2) is 24.3 Å². The molecule has 0 aromatic heterocycles. The summed E-state index contributed by atoms with van der Waals surface area (Å²) in [5, 5.41) is 0. The molecule has 0 aliphatic carbocycles. The molecule has 1 aliphatic rings. The minimum absolute atomic E-state index is 0.330. The van der Waals surface area contributed by atoms with Gasteiger partial charge in [-0.1, -0.05) is 23.6 Å². The molecular formula is C20H24O4. The predicted molar refractivity (Wildman–Crippen MR) is 92.4 cm³/mol.